The zero-order chi connectivity index (χ0) is 13.1. The summed E-state index contributed by atoms with van der Waals surface area (Å²) in [6, 6.07) is 11.4. The van der Waals surface area contributed by atoms with Crippen molar-refractivity contribution in [1.82, 2.24) is 0 Å². The minimum atomic E-state index is -0.579. The van der Waals surface area contributed by atoms with Gasteiger partial charge in [-0.2, -0.15) is 0 Å². The molecule has 2 aromatic carbocycles. The number of ether oxygens (including phenoxy) is 1. The molecule has 2 nitrogen and oxygen atoms in total. The highest BCUT2D eigenvalue weighted by Gasteiger charge is 2.14. The fraction of sp³-hybridized carbons (Fsp3) is 0. The van der Waals surface area contributed by atoms with E-state index >= 15 is 0 Å². The zero-order valence-corrected chi connectivity index (χ0v) is 11.3. The Hall–Kier alpha value is -1.22. The third-order valence-electron chi connectivity index (χ3n) is 2.21. The van der Waals surface area contributed by atoms with Crippen molar-refractivity contribution in [2.24, 2.45) is 0 Å². The van der Waals surface area contributed by atoms with E-state index in [2.05, 4.69) is 0 Å². The molecule has 0 unspecified atom stereocenters. The Bertz CT molecular complexity index is 597. The van der Waals surface area contributed by atoms with Crippen LogP contribution in [-0.4, -0.2) is 5.97 Å². The third-order valence-corrected chi connectivity index (χ3v) is 3.34. The number of carbonyl (C=O) groups excluding carboxylic acids is 1. The van der Waals surface area contributed by atoms with Crippen molar-refractivity contribution in [3.05, 3.63) is 63.1 Å². The van der Waals surface area contributed by atoms with Crippen LogP contribution >= 0.6 is 34.8 Å². The van der Waals surface area contributed by atoms with E-state index in [1.165, 1.54) is 0 Å². The molecule has 0 saturated carbocycles. The van der Waals surface area contributed by atoms with Crippen LogP contribution in [0.1, 0.15) is 10.4 Å². The number of rotatable bonds is 2. The van der Waals surface area contributed by atoms with E-state index in [1.54, 1.807) is 42.5 Å². The molecular formula is C13H7Cl3O2. The summed E-state index contributed by atoms with van der Waals surface area (Å²) in [5.74, 6) is -0.376. The Morgan fingerprint density at radius 3 is 2.28 bits per heavy atom. The largest absolute Gasteiger partial charge is 0.421 e. The predicted molar refractivity (Wildman–Crippen MR) is 72.9 cm³/mol. The molecule has 92 valence electrons. The van der Waals surface area contributed by atoms with Gasteiger partial charge >= 0.3 is 5.97 Å². The predicted octanol–water partition coefficient (Wildman–Crippen LogP) is 4.87. The summed E-state index contributed by atoms with van der Waals surface area (Å²) >= 11 is 17.6. The lowest BCUT2D eigenvalue weighted by Crippen LogP contribution is -2.09. The van der Waals surface area contributed by atoms with Crippen LogP contribution in [0.2, 0.25) is 15.1 Å². The quantitative estimate of drug-likeness (QED) is 0.584. The van der Waals surface area contributed by atoms with Gasteiger partial charge in [-0.05, 0) is 24.3 Å². The first-order chi connectivity index (χ1) is 8.59. The topological polar surface area (TPSA) is 26.3 Å². The lowest BCUT2D eigenvalue weighted by molar-refractivity contribution is 0.0735. The molecule has 0 atom stereocenters. The summed E-state index contributed by atoms with van der Waals surface area (Å²) in [6.45, 7) is 0. The fourth-order valence-corrected chi connectivity index (χ4v) is 1.89. The van der Waals surface area contributed by atoms with Crippen molar-refractivity contribution >= 4 is 40.8 Å². The number of hydrogen-bond acceptors (Lipinski definition) is 2. The molecule has 18 heavy (non-hydrogen) atoms. The van der Waals surface area contributed by atoms with Gasteiger partial charge in [0, 0.05) is 0 Å². The molecule has 0 amide bonds. The van der Waals surface area contributed by atoms with Gasteiger partial charge in [0.2, 0.25) is 0 Å². The molecule has 0 aliphatic carbocycles. The van der Waals surface area contributed by atoms with E-state index < -0.39 is 5.97 Å². The number of halogens is 3. The summed E-state index contributed by atoms with van der Waals surface area (Å²) in [4.78, 5) is 11.9. The van der Waals surface area contributed by atoms with Gasteiger partial charge in [-0.3, -0.25) is 0 Å². The maximum Gasteiger partial charge on any atom is 0.345 e. The highest BCUT2D eigenvalue weighted by atomic mass is 35.5. The molecule has 0 fully saturated rings. The SMILES string of the molecule is O=C(Oc1cccc(Cl)c1Cl)c1ccccc1Cl. The molecule has 0 aliphatic rings. The molecule has 0 radical (unpaired) electrons. The minimum absolute atomic E-state index is 0.194. The van der Waals surface area contributed by atoms with Gasteiger partial charge in [-0.25, -0.2) is 4.79 Å². The lowest BCUT2D eigenvalue weighted by atomic mass is 10.2. The van der Waals surface area contributed by atoms with Crippen LogP contribution in [0.15, 0.2) is 42.5 Å². The van der Waals surface area contributed by atoms with Crippen LogP contribution in [-0.2, 0) is 0 Å². The fourth-order valence-electron chi connectivity index (χ4n) is 1.34. The van der Waals surface area contributed by atoms with Crippen LogP contribution in [0.5, 0.6) is 5.75 Å². The van der Waals surface area contributed by atoms with Crippen LogP contribution in [0, 0.1) is 0 Å². The Morgan fingerprint density at radius 1 is 0.889 bits per heavy atom. The van der Waals surface area contributed by atoms with E-state index in [0.717, 1.165) is 0 Å². The second kappa shape index (κ2) is 5.61. The molecule has 5 heteroatoms. The van der Waals surface area contributed by atoms with Gasteiger partial charge in [0.25, 0.3) is 0 Å². The standard InChI is InChI=1S/C13H7Cl3O2/c14-9-5-2-1-4-8(9)13(17)18-11-7-3-6-10(15)12(11)16/h1-7H. The van der Waals surface area contributed by atoms with Crippen molar-refractivity contribution in [2.45, 2.75) is 0 Å². The molecule has 0 saturated heterocycles. The molecule has 2 rings (SSSR count). The second-order valence-electron chi connectivity index (χ2n) is 3.42. The summed E-state index contributed by atoms with van der Waals surface area (Å²) in [5.41, 5.74) is 0.273. The summed E-state index contributed by atoms with van der Waals surface area (Å²) < 4.78 is 5.15. The van der Waals surface area contributed by atoms with Crippen LogP contribution < -0.4 is 4.74 Å². The average Bonchev–Trinajstić information content (AvgIpc) is 2.35. The van der Waals surface area contributed by atoms with E-state index in [4.69, 9.17) is 39.5 Å². The first kappa shape index (κ1) is 13.2. The number of hydrogen-bond donors (Lipinski definition) is 0. The highest BCUT2D eigenvalue weighted by molar-refractivity contribution is 6.43. The van der Waals surface area contributed by atoms with Crippen molar-refractivity contribution < 1.29 is 9.53 Å². The number of esters is 1. The van der Waals surface area contributed by atoms with E-state index in [0.29, 0.717) is 10.0 Å². The Balaban J connectivity index is 2.27. The molecular weight excluding hydrogens is 294 g/mol. The average molecular weight is 302 g/mol. The summed E-state index contributed by atoms with van der Waals surface area (Å²) in [6.07, 6.45) is 0. The zero-order valence-electron chi connectivity index (χ0n) is 8.99. The van der Waals surface area contributed by atoms with Gasteiger partial charge in [0.05, 0.1) is 15.6 Å². The van der Waals surface area contributed by atoms with E-state index in [1.807, 2.05) is 0 Å². The third kappa shape index (κ3) is 2.78. The van der Waals surface area contributed by atoms with Gasteiger partial charge in [0.1, 0.15) is 5.02 Å². The maximum absolute atomic E-state index is 11.9. The first-order valence-electron chi connectivity index (χ1n) is 5.00. The van der Waals surface area contributed by atoms with Crippen LogP contribution in [0.3, 0.4) is 0 Å². The lowest BCUT2D eigenvalue weighted by Gasteiger charge is -2.07. The van der Waals surface area contributed by atoms with Gasteiger partial charge in [0.15, 0.2) is 5.75 Å². The van der Waals surface area contributed by atoms with Crippen LogP contribution in [0.25, 0.3) is 0 Å². The Labute approximate surface area is 119 Å². The van der Waals surface area contributed by atoms with Crippen molar-refractivity contribution in [1.29, 1.82) is 0 Å². The monoisotopic (exact) mass is 300 g/mol. The molecule has 0 aliphatic heterocycles. The van der Waals surface area contributed by atoms with Gasteiger partial charge < -0.3 is 4.74 Å². The summed E-state index contributed by atoms with van der Waals surface area (Å²) in [7, 11) is 0. The van der Waals surface area contributed by atoms with Crippen molar-refractivity contribution in [3.8, 4) is 5.75 Å². The van der Waals surface area contributed by atoms with Gasteiger partial charge in [-0.1, -0.05) is 53.0 Å². The molecule has 0 spiro atoms. The Kier molecular flexibility index (Phi) is 4.12. The van der Waals surface area contributed by atoms with E-state index in [9.17, 15) is 4.79 Å². The highest BCUT2D eigenvalue weighted by Crippen LogP contribution is 2.32. The minimum Gasteiger partial charge on any atom is -0.421 e. The van der Waals surface area contributed by atoms with Crippen molar-refractivity contribution in [2.75, 3.05) is 0 Å². The first-order valence-corrected chi connectivity index (χ1v) is 6.13. The van der Waals surface area contributed by atoms with Crippen molar-refractivity contribution in [3.63, 3.8) is 0 Å². The smallest absolute Gasteiger partial charge is 0.345 e. The molecule has 0 bridgehead atoms. The second-order valence-corrected chi connectivity index (χ2v) is 4.61. The van der Waals surface area contributed by atoms with Gasteiger partial charge in [-0.15, -0.1) is 0 Å². The number of carbonyl (C=O) groups is 1. The normalized spacial score (nSPS) is 10.2. The maximum atomic E-state index is 11.9. The summed E-state index contributed by atoms with van der Waals surface area (Å²) in [5, 5.41) is 0.835. The molecule has 0 heterocycles. The Morgan fingerprint density at radius 2 is 1.56 bits per heavy atom. The number of benzene rings is 2. The van der Waals surface area contributed by atoms with E-state index in [-0.39, 0.29) is 16.3 Å². The van der Waals surface area contributed by atoms with Crippen LogP contribution in [0.4, 0.5) is 0 Å². The molecule has 0 aromatic heterocycles. The molecule has 0 N–H and O–H groups in total. The molecule has 2 aromatic rings.